The lowest BCUT2D eigenvalue weighted by Gasteiger charge is -2.13. The molecule has 3 amide bonds. The molecule has 0 saturated carbocycles. The van der Waals surface area contributed by atoms with Crippen LogP contribution in [0, 0.1) is 0 Å². The number of aromatic nitrogens is 1. The number of carbonyl (C=O) groups excluding carboxylic acids is 4. The maximum atomic E-state index is 13.2. The summed E-state index contributed by atoms with van der Waals surface area (Å²) in [4.78, 5) is 51.9. The fourth-order valence-electron chi connectivity index (χ4n) is 4.46. The SMILES string of the molecule is CCOC(=O)c1cc(NC(=O)CN2C(=O)S/C(=C\c3cn(Cc4c(Cl)cccc4Cl)c4ccccc34)C2=O)ccc1Cl. The number of anilines is 1. The molecular formula is C30H22Cl3N3O5S. The Hall–Kier alpha value is -3.76. The molecule has 0 aliphatic carbocycles. The molecule has 0 radical (unpaired) electrons. The predicted octanol–water partition coefficient (Wildman–Crippen LogP) is 7.50. The summed E-state index contributed by atoms with van der Waals surface area (Å²) >= 11 is 19.6. The van der Waals surface area contributed by atoms with Crippen molar-refractivity contribution in [1.82, 2.24) is 9.47 Å². The van der Waals surface area contributed by atoms with E-state index in [1.807, 2.05) is 35.0 Å². The van der Waals surface area contributed by atoms with Crippen LogP contribution in [-0.2, 0) is 20.9 Å². The number of esters is 1. The normalized spacial score (nSPS) is 14.2. The summed E-state index contributed by atoms with van der Waals surface area (Å²) < 4.78 is 6.95. The minimum Gasteiger partial charge on any atom is -0.462 e. The number of halogens is 3. The van der Waals surface area contributed by atoms with Crippen molar-refractivity contribution in [2.45, 2.75) is 13.5 Å². The van der Waals surface area contributed by atoms with Gasteiger partial charge in [-0.3, -0.25) is 19.3 Å². The molecule has 1 aliphatic rings. The number of nitrogens with one attached hydrogen (secondary N) is 1. The summed E-state index contributed by atoms with van der Waals surface area (Å²) in [5.74, 6) is -1.84. The van der Waals surface area contributed by atoms with Gasteiger partial charge in [0.1, 0.15) is 6.54 Å². The smallest absolute Gasteiger partial charge is 0.339 e. The van der Waals surface area contributed by atoms with Crippen LogP contribution < -0.4 is 5.32 Å². The fourth-order valence-corrected chi connectivity index (χ4v) is 6.01. The maximum Gasteiger partial charge on any atom is 0.339 e. The summed E-state index contributed by atoms with van der Waals surface area (Å²) in [5.41, 5.74) is 2.72. The van der Waals surface area contributed by atoms with E-state index >= 15 is 0 Å². The highest BCUT2D eigenvalue weighted by Gasteiger charge is 2.36. The fraction of sp³-hybridized carbons (Fsp3) is 0.133. The van der Waals surface area contributed by atoms with Crippen LogP contribution in [0.5, 0.6) is 0 Å². The van der Waals surface area contributed by atoms with E-state index in [9.17, 15) is 19.2 Å². The number of thioether (sulfide) groups is 1. The molecule has 1 fully saturated rings. The monoisotopic (exact) mass is 641 g/mol. The quantitative estimate of drug-likeness (QED) is 0.158. The van der Waals surface area contributed by atoms with Crippen LogP contribution in [0.25, 0.3) is 17.0 Å². The van der Waals surface area contributed by atoms with Crippen molar-refractivity contribution in [3.63, 3.8) is 0 Å². The van der Waals surface area contributed by atoms with Crippen LogP contribution >= 0.6 is 46.6 Å². The van der Waals surface area contributed by atoms with E-state index in [-0.39, 0.29) is 27.8 Å². The minimum atomic E-state index is -0.633. The molecular weight excluding hydrogens is 621 g/mol. The molecule has 2 heterocycles. The Balaban J connectivity index is 1.35. The molecule has 8 nitrogen and oxygen atoms in total. The Morgan fingerprint density at radius 3 is 2.45 bits per heavy atom. The van der Waals surface area contributed by atoms with E-state index in [1.54, 1.807) is 31.2 Å². The van der Waals surface area contributed by atoms with E-state index < -0.39 is 29.6 Å². The number of nitrogens with zero attached hydrogens (tertiary/aromatic N) is 2. The van der Waals surface area contributed by atoms with Gasteiger partial charge in [-0.2, -0.15) is 0 Å². The molecule has 0 unspecified atom stereocenters. The highest BCUT2D eigenvalue weighted by Crippen LogP contribution is 2.35. The third-order valence-corrected chi connectivity index (χ3v) is 8.36. The maximum absolute atomic E-state index is 13.2. The van der Waals surface area contributed by atoms with Crippen LogP contribution in [-0.4, -0.2) is 45.6 Å². The standard InChI is InChI=1S/C30H22Cl3N3O5S/c1-2-41-29(39)20-13-18(10-11-24(20)33)34-27(37)16-36-28(38)26(42-30(36)40)12-17-14-35(25-9-4-3-6-19(17)25)15-21-22(31)7-5-8-23(21)32/h3-14H,2,15-16H2,1H3,(H,34,37)/b26-12-. The largest absolute Gasteiger partial charge is 0.462 e. The van der Waals surface area contributed by atoms with Gasteiger partial charge in [0.25, 0.3) is 11.1 Å². The van der Waals surface area contributed by atoms with Gasteiger partial charge in [-0.05, 0) is 61.2 Å². The molecule has 12 heteroatoms. The van der Waals surface area contributed by atoms with E-state index in [1.165, 1.54) is 18.2 Å². The van der Waals surface area contributed by atoms with Crippen LogP contribution in [0.15, 0.2) is 71.8 Å². The lowest BCUT2D eigenvalue weighted by molar-refractivity contribution is -0.127. The molecule has 0 bridgehead atoms. The first-order valence-electron chi connectivity index (χ1n) is 12.7. The third kappa shape index (κ3) is 6.19. The van der Waals surface area contributed by atoms with Crippen molar-refractivity contribution in [2.75, 3.05) is 18.5 Å². The van der Waals surface area contributed by atoms with Crippen LogP contribution in [0.3, 0.4) is 0 Å². The van der Waals surface area contributed by atoms with Crippen LogP contribution in [0.4, 0.5) is 10.5 Å². The average Bonchev–Trinajstić information content (AvgIpc) is 3.43. The number of para-hydroxylation sites is 1. The zero-order valence-electron chi connectivity index (χ0n) is 22.0. The molecule has 0 atom stereocenters. The first kappa shape index (κ1) is 29.7. The van der Waals surface area contributed by atoms with Gasteiger partial charge in [-0.25, -0.2) is 4.79 Å². The number of imide groups is 1. The molecule has 0 spiro atoms. The highest BCUT2D eigenvalue weighted by molar-refractivity contribution is 8.18. The van der Waals surface area contributed by atoms with E-state index in [0.29, 0.717) is 16.6 Å². The van der Waals surface area contributed by atoms with Crippen molar-refractivity contribution in [2.24, 2.45) is 0 Å². The van der Waals surface area contributed by atoms with Crippen LogP contribution in [0.1, 0.15) is 28.4 Å². The number of hydrogen-bond donors (Lipinski definition) is 1. The second-order valence-corrected chi connectivity index (χ2v) is 11.4. The van der Waals surface area contributed by atoms with Crippen molar-refractivity contribution < 1.29 is 23.9 Å². The Kier molecular flexibility index (Phi) is 8.93. The van der Waals surface area contributed by atoms with Gasteiger partial charge in [0.2, 0.25) is 5.91 Å². The molecule has 4 aromatic rings. The number of benzene rings is 3. The third-order valence-electron chi connectivity index (χ3n) is 6.42. The number of hydrogen-bond acceptors (Lipinski definition) is 6. The first-order valence-corrected chi connectivity index (χ1v) is 14.6. The lowest BCUT2D eigenvalue weighted by Crippen LogP contribution is -2.36. The number of rotatable bonds is 8. The number of carbonyl (C=O) groups is 4. The molecule has 5 rings (SSSR count). The molecule has 1 aliphatic heterocycles. The van der Waals surface area contributed by atoms with Gasteiger partial charge in [0.15, 0.2) is 0 Å². The summed E-state index contributed by atoms with van der Waals surface area (Å²) in [5, 5.41) is 4.13. The lowest BCUT2D eigenvalue weighted by atomic mass is 10.1. The van der Waals surface area contributed by atoms with Gasteiger partial charge in [-0.15, -0.1) is 0 Å². The van der Waals surface area contributed by atoms with E-state index in [2.05, 4.69) is 5.32 Å². The first-order chi connectivity index (χ1) is 20.2. The van der Waals surface area contributed by atoms with E-state index in [0.717, 1.165) is 38.7 Å². The molecule has 3 aromatic carbocycles. The molecule has 1 aromatic heterocycles. The number of ether oxygens (including phenoxy) is 1. The van der Waals surface area contributed by atoms with Crippen molar-refractivity contribution in [1.29, 1.82) is 0 Å². The van der Waals surface area contributed by atoms with Crippen molar-refractivity contribution in [3.8, 4) is 0 Å². The van der Waals surface area contributed by atoms with Gasteiger partial charge in [0, 0.05) is 44.0 Å². The molecule has 42 heavy (non-hydrogen) atoms. The molecule has 1 N–H and O–H groups in total. The second kappa shape index (κ2) is 12.6. The molecule has 1 saturated heterocycles. The Morgan fingerprint density at radius 2 is 1.71 bits per heavy atom. The zero-order chi connectivity index (χ0) is 30.0. The highest BCUT2D eigenvalue weighted by atomic mass is 35.5. The summed E-state index contributed by atoms with van der Waals surface area (Å²) in [6.45, 7) is 1.72. The van der Waals surface area contributed by atoms with Gasteiger partial charge >= 0.3 is 5.97 Å². The van der Waals surface area contributed by atoms with E-state index in [4.69, 9.17) is 39.5 Å². The Bertz CT molecular complexity index is 1770. The Labute approximate surface area is 260 Å². The average molecular weight is 643 g/mol. The minimum absolute atomic E-state index is 0.0846. The second-order valence-electron chi connectivity index (χ2n) is 9.16. The van der Waals surface area contributed by atoms with Gasteiger partial charge < -0.3 is 14.6 Å². The van der Waals surface area contributed by atoms with Crippen molar-refractivity contribution >= 4 is 92.3 Å². The van der Waals surface area contributed by atoms with Gasteiger partial charge in [0.05, 0.1) is 28.6 Å². The predicted molar refractivity (Wildman–Crippen MR) is 166 cm³/mol. The molecule has 214 valence electrons. The van der Waals surface area contributed by atoms with Crippen molar-refractivity contribution in [3.05, 3.63) is 104 Å². The topological polar surface area (TPSA) is 97.7 Å². The summed E-state index contributed by atoms with van der Waals surface area (Å²) in [6, 6.07) is 17.3. The van der Waals surface area contributed by atoms with Gasteiger partial charge in [-0.1, -0.05) is 59.1 Å². The number of amides is 3. The Morgan fingerprint density at radius 1 is 0.976 bits per heavy atom. The zero-order valence-corrected chi connectivity index (χ0v) is 25.1. The summed E-state index contributed by atoms with van der Waals surface area (Å²) in [7, 11) is 0. The van der Waals surface area contributed by atoms with Crippen LogP contribution in [0.2, 0.25) is 15.1 Å². The number of fused-ring (bicyclic) bond motifs is 1. The summed E-state index contributed by atoms with van der Waals surface area (Å²) in [6.07, 6.45) is 3.51.